The molecule has 0 heterocycles. The molecule has 40 heavy (non-hydrogen) atoms. The minimum Gasteiger partial charge on any atom is -0.0839 e. The molecule has 0 fully saturated rings. The summed E-state index contributed by atoms with van der Waals surface area (Å²) in [7, 11) is 0. The van der Waals surface area contributed by atoms with Gasteiger partial charge in [-0.3, -0.25) is 0 Å². The van der Waals surface area contributed by atoms with Gasteiger partial charge >= 0.3 is 0 Å². The lowest BCUT2D eigenvalue weighted by Crippen LogP contribution is -1.88. The van der Waals surface area contributed by atoms with Gasteiger partial charge < -0.3 is 0 Å². The highest BCUT2D eigenvalue weighted by Gasteiger charge is 2.01. The van der Waals surface area contributed by atoms with Crippen molar-refractivity contribution in [1.82, 2.24) is 0 Å². The van der Waals surface area contributed by atoms with E-state index in [4.69, 9.17) is 0 Å². The van der Waals surface area contributed by atoms with Gasteiger partial charge in [0.2, 0.25) is 0 Å². The number of allylic oxidation sites excluding steroid dienone is 8. The molecule has 0 radical (unpaired) electrons. The van der Waals surface area contributed by atoms with E-state index in [1.165, 1.54) is 191 Å². The third kappa shape index (κ3) is 28.5. The molecule has 234 valence electrons. The molecule has 0 aliphatic rings. The first kappa shape index (κ1) is 39.0. The maximum Gasteiger partial charge on any atom is -0.0230 e. The Hall–Kier alpha value is -1.04. The van der Waals surface area contributed by atoms with Crippen LogP contribution in [-0.2, 0) is 0 Å². The molecular formula is C40H74. The summed E-state index contributed by atoms with van der Waals surface area (Å²) in [6.45, 7) is 9.24. The minimum absolute atomic E-state index is 1.22. The molecule has 0 heteroatoms. The van der Waals surface area contributed by atoms with Crippen LogP contribution in [0.3, 0.4) is 0 Å². The fraction of sp³-hybridized carbons (Fsp3) is 0.800. The van der Waals surface area contributed by atoms with Crippen molar-refractivity contribution in [2.24, 2.45) is 0 Å². The zero-order chi connectivity index (χ0) is 29.2. The maximum absolute atomic E-state index is 2.57. The van der Waals surface area contributed by atoms with E-state index in [-0.39, 0.29) is 0 Å². The van der Waals surface area contributed by atoms with Gasteiger partial charge in [0, 0.05) is 0 Å². The number of hydrogen-bond donors (Lipinski definition) is 0. The maximum atomic E-state index is 2.57. The molecule has 0 bridgehead atoms. The van der Waals surface area contributed by atoms with Crippen LogP contribution in [0.5, 0.6) is 0 Å². The van der Waals surface area contributed by atoms with Gasteiger partial charge in [-0.25, -0.2) is 0 Å². The molecule has 0 amide bonds. The van der Waals surface area contributed by atoms with Gasteiger partial charge in [-0.1, -0.05) is 193 Å². The average molecular weight is 555 g/mol. The Morgan fingerprint density at radius 1 is 0.300 bits per heavy atom. The quantitative estimate of drug-likeness (QED) is 0.0590. The van der Waals surface area contributed by atoms with Crippen LogP contribution < -0.4 is 0 Å². The molecule has 0 rings (SSSR count). The normalized spacial score (nSPS) is 12.9. The largest absolute Gasteiger partial charge is 0.0839 e. The van der Waals surface area contributed by atoms with Gasteiger partial charge in [0.25, 0.3) is 0 Å². The van der Waals surface area contributed by atoms with Gasteiger partial charge in [-0.05, 0) is 62.5 Å². The molecule has 0 aromatic carbocycles. The molecule has 0 nitrogen and oxygen atoms in total. The fourth-order valence-corrected chi connectivity index (χ4v) is 5.43. The van der Waals surface area contributed by atoms with Crippen LogP contribution in [0.15, 0.2) is 47.6 Å². The van der Waals surface area contributed by atoms with E-state index in [0.717, 1.165) is 0 Å². The first-order chi connectivity index (χ1) is 19.8. The predicted molar refractivity (Wildman–Crippen MR) is 186 cm³/mol. The highest BCUT2D eigenvalue weighted by molar-refractivity contribution is 5.46. The smallest absolute Gasteiger partial charge is 0.0230 e. The highest BCUT2D eigenvalue weighted by atomic mass is 14.1. The van der Waals surface area contributed by atoms with Crippen molar-refractivity contribution >= 4 is 0 Å². The Balaban J connectivity index is 5.17. The van der Waals surface area contributed by atoms with Crippen LogP contribution in [0.4, 0.5) is 0 Å². The molecule has 0 N–H and O–H groups in total. The van der Waals surface area contributed by atoms with E-state index in [1.807, 2.05) is 0 Å². The second-order valence-corrected chi connectivity index (χ2v) is 12.3. The van der Waals surface area contributed by atoms with E-state index >= 15 is 0 Å². The van der Waals surface area contributed by atoms with Crippen molar-refractivity contribution in [1.29, 1.82) is 0 Å². The number of rotatable bonds is 31. The first-order valence-electron chi connectivity index (χ1n) is 18.5. The lowest BCUT2D eigenvalue weighted by atomic mass is 9.98. The lowest BCUT2D eigenvalue weighted by Gasteiger charge is -2.08. The van der Waals surface area contributed by atoms with Crippen molar-refractivity contribution in [2.75, 3.05) is 0 Å². The second kappa shape index (κ2) is 34.2. The van der Waals surface area contributed by atoms with Crippen molar-refractivity contribution < 1.29 is 0 Å². The monoisotopic (exact) mass is 555 g/mol. The summed E-state index contributed by atoms with van der Waals surface area (Å²) in [4.78, 5) is 0. The summed E-state index contributed by atoms with van der Waals surface area (Å²) < 4.78 is 0. The van der Waals surface area contributed by atoms with Crippen molar-refractivity contribution in [3.63, 3.8) is 0 Å². The van der Waals surface area contributed by atoms with Crippen LogP contribution >= 0.6 is 0 Å². The summed E-state index contributed by atoms with van der Waals surface area (Å²) in [6.07, 6.45) is 53.1. The van der Waals surface area contributed by atoms with Crippen molar-refractivity contribution in [3.05, 3.63) is 47.6 Å². The second-order valence-electron chi connectivity index (χ2n) is 12.3. The lowest BCUT2D eigenvalue weighted by molar-refractivity contribution is 0.610. The Morgan fingerprint density at radius 3 is 0.850 bits per heavy atom. The summed E-state index contributed by atoms with van der Waals surface area (Å²) in [5.74, 6) is 0. The Kier molecular flexibility index (Phi) is 33.3. The molecule has 0 aromatic rings. The zero-order valence-electron chi connectivity index (χ0n) is 28.3. The fourth-order valence-electron chi connectivity index (χ4n) is 5.43. The standard InChI is InChI=1S/C40H74/c1-5-9-13-17-21-25-29-33-37-39(35-31-27-23-19-15-11-7-3)40(36-32-28-24-20-16-12-8-4)38-34-30-26-22-18-14-10-6-2/h33-38H,5-32H2,1-4H3/b37-33+,38-34+,39-35+,40-36+. The third-order valence-electron chi connectivity index (χ3n) is 8.22. The molecule has 0 aliphatic heterocycles. The zero-order valence-corrected chi connectivity index (χ0v) is 28.3. The minimum atomic E-state index is 1.22. The van der Waals surface area contributed by atoms with Crippen molar-refractivity contribution in [2.45, 2.75) is 207 Å². The Morgan fingerprint density at radius 2 is 0.550 bits per heavy atom. The van der Waals surface area contributed by atoms with E-state index in [0.29, 0.717) is 0 Å². The molecule has 0 aliphatic carbocycles. The Bertz CT molecular complexity index is 548. The predicted octanol–water partition coefficient (Wildman–Crippen LogP) is 15.0. The molecule has 0 spiro atoms. The SMILES string of the molecule is CCCCCCCC/C=C/C(=C\CCCCCCCC)C(/C=C/CCCCCCCC)=C/CCCCCCCC. The molecular weight excluding hydrogens is 480 g/mol. The molecule has 0 aromatic heterocycles. The summed E-state index contributed by atoms with van der Waals surface area (Å²) in [5, 5.41) is 0. The van der Waals surface area contributed by atoms with Crippen LogP contribution in [0.2, 0.25) is 0 Å². The molecule has 0 saturated heterocycles. The van der Waals surface area contributed by atoms with Gasteiger partial charge in [0.1, 0.15) is 0 Å². The Labute approximate surface area is 254 Å². The summed E-state index contributed by atoms with van der Waals surface area (Å²) in [6, 6.07) is 0. The molecule has 0 saturated carbocycles. The summed E-state index contributed by atoms with van der Waals surface area (Å²) >= 11 is 0. The van der Waals surface area contributed by atoms with E-state index in [2.05, 4.69) is 64.2 Å². The van der Waals surface area contributed by atoms with Gasteiger partial charge in [-0.2, -0.15) is 0 Å². The van der Waals surface area contributed by atoms with Gasteiger partial charge in [-0.15, -0.1) is 0 Å². The van der Waals surface area contributed by atoms with Crippen LogP contribution in [-0.4, -0.2) is 0 Å². The van der Waals surface area contributed by atoms with Gasteiger partial charge in [0.05, 0.1) is 0 Å². The van der Waals surface area contributed by atoms with E-state index < -0.39 is 0 Å². The van der Waals surface area contributed by atoms with Gasteiger partial charge in [0.15, 0.2) is 0 Å². The van der Waals surface area contributed by atoms with Crippen LogP contribution in [0, 0.1) is 0 Å². The molecule has 0 atom stereocenters. The van der Waals surface area contributed by atoms with Crippen LogP contribution in [0.1, 0.15) is 207 Å². The van der Waals surface area contributed by atoms with E-state index in [9.17, 15) is 0 Å². The third-order valence-corrected chi connectivity index (χ3v) is 8.22. The summed E-state index contributed by atoms with van der Waals surface area (Å²) in [5.41, 5.74) is 2.98. The van der Waals surface area contributed by atoms with Crippen molar-refractivity contribution in [3.8, 4) is 0 Å². The average Bonchev–Trinajstić information content (AvgIpc) is 2.96. The number of hydrogen-bond acceptors (Lipinski definition) is 0. The topological polar surface area (TPSA) is 0 Å². The first-order valence-corrected chi connectivity index (χ1v) is 18.5. The van der Waals surface area contributed by atoms with E-state index in [1.54, 1.807) is 0 Å². The van der Waals surface area contributed by atoms with Crippen LogP contribution in [0.25, 0.3) is 0 Å². The number of unbranched alkanes of at least 4 members (excludes halogenated alkanes) is 24. The molecule has 0 unspecified atom stereocenters. The highest BCUT2D eigenvalue weighted by Crippen LogP contribution is 2.20.